The van der Waals surface area contributed by atoms with E-state index in [0.29, 0.717) is 19.3 Å². The maximum absolute atomic E-state index is 13.8. The van der Waals surface area contributed by atoms with Crippen LogP contribution in [0.3, 0.4) is 0 Å². The topological polar surface area (TPSA) is 101 Å². The van der Waals surface area contributed by atoms with Gasteiger partial charge >= 0.3 is 11.9 Å². The average Bonchev–Trinajstić information content (AvgIpc) is 3.26. The summed E-state index contributed by atoms with van der Waals surface area (Å²) in [6.07, 6.45) is 3.65. The van der Waals surface area contributed by atoms with E-state index in [0.717, 1.165) is 5.56 Å². The van der Waals surface area contributed by atoms with Gasteiger partial charge in [0.05, 0.1) is 31.5 Å². The van der Waals surface area contributed by atoms with Crippen LogP contribution in [0.1, 0.15) is 51.2 Å². The molecule has 1 aromatic rings. The van der Waals surface area contributed by atoms with E-state index in [-0.39, 0.29) is 30.9 Å². The lowest BCUT2D eigenvalue weighted by molar-refractivity contribution is -0.213. The van der Waals surface area contributed by atoms with Gasteiger partial charge in [-0.3, -0.25) is 14.4 Å². The zero-order chi connectivity index (χ0) is 22.4. The van der Waals surface area contributed by atoms with Crippen molar-refractivity contribution in [2.45, 2.75) is 51.7 Å². The lowest BCUT2D eigenvalue weighted by atomic mass is 9.43. The highest BCUT2D eigenvalue weighted by atomic mass is 16.7. The predicted molar refractivity (Wildman–Crippen MR) is 106 cm³/mol. The fourth-order valence-electron chi connectivity index (χ4n) is 6.46. The van der Waals surface area contributed by atoms with Crippen molar-refractivity contribution in [1.29, 1.82) is 0 Å². The standard InChI is InChI=1S/C23H30O8/c1-22-7-5-14-21(26)31-17(13-6-8-29-11-13)10-23(14,2)19(22)18(24)16(30-12-27-3)9-15(22)20(25)28-4/h6,8,11,14-17,19H,5,7,9-10,12H2,1-4H3/t14-,15?,16+,17+,19-,22-,23-/m0/s1. The fraction of sp³-hybridized carbons (Fsp3) is 0.696. The van der Waals surface area contributed by atoms with Gasteiger partial charge in [0, 0.05) is 18.6 Å². The minimum Gasteiger partial charge on any atom is -0.472 e. The molecule has 0 aromatic carbocycles. The van der Waals surface area contributed by atoms with Crippen LogP contribution in [-0.2, 0) is 33.3 Å². The number of esters is 2. The second kappa shape index (κ2) is 8.06. The molecular formula is C23H30O8. The lowest BCUT2D eigenvalue weighted by Crippen LogP contribution is -2.64. The maximum Gasteiger partial charge on any atom is 0.310 e. The van der Waals surface area contributed by atoms with Crippen molar-refractivity contribution in [1.82, 2.24) is 0 Å². The first-order valence-corrected chi connectivity index (χ1v) is 10.7. The van der Waals surface area contributed by atoms with Gasteiger partial charge in [0.1, 0.15) is 19.0 Å². The minimum absolute atomic E-state index is 0.0481. The number of cyclic esters (lactones) is 1. The zero-order valence-corrected chi connectivity index (χ0v) is 18.4. The predicted octanol–water partition coefficient (Wildman–Crippen LogP) is 3.06. The molecule has 0 N–H and O–H groups in total. The summed E-state index contributed by atoms with van der Waals surface area (Å²) in [4.78, 5) is 39.6. The van der Waals surface area contributed by atoms with Crippen molar-refractivity contribution < 1.29 is 37.7 Å². The number of fused-ring (bicyclic) bond motifs is 3. The fourth-order valence-corrected chi connectivity index (χ4v) is 6.46. The van der Waals surface area contributed by atoms with Crippen molar-refractivity contribution >= 4 is 17.7 Å². The number of methoxy groups -OCH3 is 2. The van der Waals surface area contributed by atoms with E-state index >= 15 is 0 Å². The Morgan fingerprint density at radius 3 is 2.65 bits per heavy atom. The van der Waals surface area contributed by atoms with E-state index in [4.69, 9.17) is 23.4 Å². The zero-order valence-electron chi connectivity index (χ0n) is 18.4. The highest BCUT2D eigenvalue weighted by molar-refractivity contribution is 5.92. The highest BCUT2D eigenvalue weighted by Crippen LogP contribution is 2.65. The van der Waals surface area contributed by atoms with E-state index in [1.165, 1.54) is 20.5 Å². The van der Waals surface area contributed by atoms with Gasteiger partial charge in [-0.25, -0.2) is 0 Å². The van der Waals surface area contributed by atoms with Crippen LogP contribution in [0.25, 0.3) is 0 Å². The molecule has 0 spiro atoms. The molecule has 0 amide bonds. The molecule has 3 fully saturated rings. The monoisotopic (exact) mass is 434 g/mol. The van der Waals surface area contributed by atoms with Crippen molar-refractivity contribution in [3.63, 3.8) is 0 Å². The van der Waals surface area contributed by atoms with Crippen LogP contribution >= 0.6 is 0 Å². The first-order chi connectivity index (χ1) is 14.8. The molecule has 31 heavy (non-hydrogen) atoms. The van der Waals surface area contributed by atoms with Gasteiger partial charge in [0.15, 0.2) is 5.78 Å². The molecule has 170 valence electrons. The second-order valence-electron chi connectivity index (χ2n) is 9.50. The Hall–Kier alpha value is -2.19. The average molecular weight is 434 g/mol. The Morgan fingerprint density at radius 2 is 2.00 bits per heavy atom. The molecular weight excluding hydrogens is 404 g/mol. The summed E-state index contributed by atoms with van der Waals surface area (Å²) in [6, 6.07) is 1.77. The number of hydrogen-bond donors (Lipinski definition) is 0. The number of rotatable bonds is 5. The Bertz CT molecular complexity index is 848. The summed E-state index contributed by atoms with van der Waals surface area (Å²) in [5.41, 5.74) is -0.566. The Morgan fingerprint density at radius 1 is 1.23 bits per heavy atom. The van der Waals surface area contributed by atoms with E-state index in [1.807, 2.05) is 13.8 Å². The van der Waals surface area contributed by atoms with E-state index in [1.54, 1.807) is 12.3 Å². The summed E-state index contributed by atoms with van der Waals surface area (Å²) in [7, 11) is 2.85. The summed E-state index contributed by atoms with van der Waals surface area (Å²) < 4.78 is 26.8. The molecule has 2 heterocycles. The van der Waals surface area contributed by atoms with Crippen LogP contribution in [0.5, 0.6) is 0 Å². The first-order valence-electron chi connectivity index (χ1n) is 10.7. The maximum atomic E-state index is 13.8. The minimum atomic E-state index is -0.789. The van der Waals surface area contributed by atoms with Crippen LogP contribution in [-0.4, -0.2) is 44.8 Å². The van der Waals surface area contributed by atoms with Gasteiger partial charge in [-0.05, 0) is 42.6 Å². The number of ketones is 1. The SMILES string of the molecule is COCO[C@@H]1CC(C(=O)OC)[C@]2(C)CC[C@H]3C(=O)O[C@@H](c4ccoc4)C[C@]3(C)[C@H]2C1=O. The summed E-state index contributed by atoms with van der Waals surface area (Å²) in [6.45, 7) is 3.92. The van der Waals surface area contributed by atoms with Crippen molar-refractivity contribution in [3.05, 3.63) is 24.2 Å². The molecule has 1 aromatic heterocycles. The number of furan rings is 1. The Labute approximate surface area is 181 Å². The van der Waals surface area contributed by atoms with E-state index < -0.39 is 40.8 Å². The molecule has 4 rings (SSSR count). The van der Waals surface area contributed by atoms with E-state index in [9.17, 15) is 14.4 Å². The smallest absolute Gasteiger partial charge is 0.310 e. The van der Waals surface area contributed by atoms with Gasteiger partial charge in [0.25, 0.3) is 0 Å². The third-order valence-electron chi connectivity index (χ3n) is 7.89. The highest BCUT2D eigenvalue weighted by Gasteiger charge is 2.67. The Kier molecular flexibility index (Phi) is 5.72. The van der Waals surface area contributed by atoms with Crippen LogP contribution in [0.2, 0.25) is 0 Å². The normalized spacial score (nSPS) is 39.9. The quantitative estimate of drug-likeness (QED) is 0.515. The summed E-state index contributed by atoms with van der Waals surface area (Å²) in [5.74, 6) is -2.21. The van der Waals surface area contributed by atoms with Crippen molar-refractivity contribution in [2.24, 2.45) is 28.6 Å². The number of carbonyl (C=O) groups excluding carboxylic acids is 3. The molecule has 2 saturated carbocycles. The van der Waals surface area contributed by atoms with Gasteiger partial charge < -0.3 is 23.4 Å². The van der Waals surface area contributed by atoms with Gasteiger partial charge in [0.2, 0.25) is 0 Å². The van der Waals surface area contributed by atoms with Gasteiger partial charge in [-0.15, -0.1) is 0 Å². The van der Waals surface area contributed by atoms with Crippen LogP contribution < -0.4 is 0 Å². The second-order valence-corrected chi connectivity index (χ2v) is 9.50. The molecule has 1 saturated heterocycles. The third kappa shape index (κ3) is 3.40. The van der Waals surface area contributed by atoms with Gasteiger partial charge in [-0.1, -0.05) is 13.8 Å². The number of hydrogen-bond acceptors (Lipinski definition) is 8. The van der Waals surface area contributed by atoms with E-state index in [2.05, 4.69) is 0 Å². The molecule has 8 heteroatoms. The molecule has 1 aliphatic heterocycles. The van der Waals surface area contributed by atoms with Crippen LogP contribution in [0, 0.1) is 28.6 Å². The molecule has 0 bridgehead atoms. The number of carbonyl (C=O) groups is 3. The van der Waals surface area contributed by atoms with Crippen LogP contribution in [0.15, 0.2) is 23.0 Å². The van der Waals surface area contributed by atoms with Crippen LogP contribution in [0.4, 0.5) is 0 Å². The largest absolute Gasteiger partial charge is 0.472 e. The molecule has 8 nitrogen and oxygen atoms in total. The van der Waals surface area contributed by atoms with Crippen molar-refractivity contribution in [2.75, 3.05) is 21.0 Å². The lowest BCUT2D eigenvalue weighted by Gasteiger charge is -2.61. The van der Waals surface area contributed by atoms with Crippen molar-refractivity contribution in [3.8, 4) is 0 Å². The summed E-state index contributed by atoms with van der Waals surface area (Å²) in [5, 5.41) is 0. The number of ether oxygens (including phenoxy) is 4. The molecule has 2 aliphatic carbocycles. The molecule has 0 radical (unpaired) electrons. The molecule has 3 aliphatic rings. The first kappa shape index (κ1) is 22.0. The number of Topliss-reactive ketones (excluding diaryl/α,β-unsaturated/α-hetero) is 1. The molecule has 1 unspecified atom stereocenters. The third-order valence-corrected chi connectivity index (χ3v) is 7.89. The Balaban J connectivity index is 1.77. The molecule has 7 atom stereocenters. The van der Waals surface area contributed by atoms with Gasteiger partial charge in [-0.2, -0.15) is 0 Å². The summed E-state index contributed by atoms with van der Waals surface area (Å²) >= 11 is 0.